The quantitative estimate of drug-likeness (QED) is 0.0915. The van der Waals surface area contributed by atoms with Crippen molar-refractivity contribution in [2.75, 3.05) is 0 Å². The predicted octanol–water partition coefficient (Wildman–Crippen LogP) is 11.9. The van der Waals surface area contributed by atoms with E-state index in [1.807, 2.05) is 0 Å². The molecule has 0 amide bonds. The number of ether oxygens (including phenoxy) is 2. The number of benzene rings is 4. The Morgan fingerprint density at radius 3 is 1.24 bits per heavy atom. The Morgan fingerprint density at radius 2 is 0.879 bits per heavy atom. The fourth-order valence-electron chi connectivity index (χ4n) is 8.00. The molecule has 10 rings (SSSR count). The molecule has 10 nitrogen and oxygen atoms in total. The van der Waals surface area contributed by atoms with Crippen LogP contribution in [-0.4, -0.2) is 44.5 Å². The van der Waals surface area contributed by atoms with Crippen LogP contribution in [0.5, 0.6) is 0 Å². The summed E-state index contributed by atoms with van der Waals surface area (Å²) in [4.78, 5) is 81.3. The van der Waals surface area contributed by atoms with Crippen LogP contribution in [0.1, 0.15) is 65.5 Å². The molecule has 18 heteroatoms. The molecule has 4 aromatic carbocycles. The van der Waals surface area contributed by atoms with Crippen LogP contribution in [-0.2, 0) is 44.6 Å². The van der Waals surface area contributed by atoms with Crippen LogP contribution in [0.25, 0.3) is 53.1 Å². The average Bonchev–Trinajstić information content (AvgIpc) is 4.10. The molecule has 0 saturated heterocycles. The zero-order valence-corrected chi connectivity index (χ0v) is 34.8. The minimum absolute atomic E-state index is 0.0468. The van der Waals surface area contributed by atoms with E-state index < -0.39 is 69.9 Å². The number of ketones is 4. The third-order valence-corrected chi connectivity index (χ3v) is 13.5. The van der Waals surface area contributed by atoms with Gasteiger partial charge in [-0.25, -0.2) is 18.7 Å². The number of nitrogens with zero attached hydrogens (tertiary/aromatic N) is 2. The van der Waals surface area contributed by atoms with Gasteiger partial charge in [-0.2, -0.15) is 26.3 Å². The summed E-state index contributed by atoms with van der Waals surface area (Å²) in [5, 5.41) is 0. The molecule has 0 saturated carbocycles. The van der Waals surface area contributed by atoms with E-state index in [1.54, 1.807) is 60.7 Å². The van der Waals surface area contributed by atoms with Crippen molar-refractivity contribution in [1.29, 1.82) is 0 Å². The molecule has 2 aliphatic rings. The Labute approximate surface area is 374 Å². The van der Waals surface area contributed by atoms with Crippen LogP contribution in [0.2, 0.25) is 0 Å². The van der Waals surface area contributed by atoms with Gasteiger partial charge in [0.15, 0.2) is 0 Å². The molecule has 8 aromatic rings. The molecule has 328 valence electrons. The lowest BCUT2D eigenvalue weighted by Gasteiger charge is -2.10. The molecule has 4 aromatic heterocycles. The second-order valence-electron chi connectivity index (χ2n) is 15.1. The summed E-state index contributed by atoms with van der Waals surface area (Å²) in [5.74, 6) is -4.47. The molecule has 0 bridgehead atoms. The zero-order valence-electron chi connectivity index (χ0n) is 33.2. The van der Waals surface area contributed by atoms with Crippen LogP contribution < -0.4 is 0 Å². The molecule has 0 N–H and O–H groups in total. The summed E-state index contributed by atoms with van der Waals surface area (Å²) in [6, 6.07) is 25.2. The molecule has 66 heavy (non-hydrogen) atoms. The molecule has 2 aliphatic carbocycles. The summed E-state index contributed by atoms with van der Waals surface area (Å²) in [6.07, 6.45) is -8.96. The second kappa shape index (κ2) is 15.5. The Balaban J connectivity index is 1.15. The minimum Gasteiger partial charge on any atom is -0.444 e. The van der Waals surface area contributed by atoms with E-state index in [0.29, 0.717) is 42.1 Å². The summed E-state index contributed by atoms with van der Waals surface area (Å²) in [6.45, 7) is -0.374. The molecule has 4 heterocycles. The lowest BCUT2D eigenvalue weighted by molar-refractivity contribution is -0.138. The number of hydrogen-bond donors (Lipinski definition) is 0. The third kappa shape index (κ3) is 7.05. The fourth-order valence-corrected chi connectivity index (χ4v) is 10.7. The third-order valence-electron chi connectivity index (χ3n) is 11.1. The van der Waals surface area contributed by atoms with Crippen molar-refractivity contribution in [3.05, 3.63) is 165 Å². The predicted molar refractivity (Wildman–Crippen MR) is 232 cm³/mol. The van der Waals surface area contributed by atoms with Crippen molar-refractivity contribution < 1.29 is 64.6 Å². The zero-order chi connectivity index (χ0) is 46.4. The number of rotatable bonds is 6. The summed E-state index contributed by atoms with van der Waals surface area (Å²) < 4.78 is 97.1. The SMILES string of the molecule is O=C1C(=O)c2cc(C(F)(F)F)ccc2/C1=C/c1cc2sc3c(sc4cc(/C=C5\C(=O)C(=O)c6cc(C(F)(F)F)ccc65)n(C(=O)OCc5ccccc5)c43)c2n1C(=O)OCc1ccccc1. The normalized spacial score (nSPS) is 15.2. The first kappa shape index (κ1) is 42.3. The van der Waals surface area contributed by atoms with Crippen molar-refractivity contribution in [1.82, 2.24) is 9.13 Å². The highest BCUT2D eigenvalue weighted by atomic mass is 32.1. The van der Waals surface area contributed by atoms with Crippen LogP contribution in [0.4, 0.5) is 35.9 Å². The fraction of sp³-hybridized carbons (Fsp3) is 0.0833. The number of Topliss-reactive ketones (excluding diaryl/α,β-unsaturated/α-hetero) is 4. The summed E-state index contributed by atoms with van der Waals surface area (Å²) in [7, 11) is 0. The monoisotopic (exact) mass is 934 g/mol. The highest BCUT2D eigenvalue weighted by Gasteiger charge is 2.40. The van der Waals surface area contributed by atoms with Gasteiger partial charge in [-0.15, -0.1) is 22.7 Å². The molecule has 0 aliphatic heterocycles. The minimum atomic E-state index is -4.79. The van der Waals surface area contributed by atoms with E-state index in [2.05, 4.69) is 0 Å². The Kier molecular flexibility index (Phi) is 9.92. The van der Waals surface area contributed by atoms with E-state index in [4.69, 9.17) is 9.47 Å². The van der Waals surface area contributed by atoms with Gasteiger partial charge in [0, 0.05) is 22.3 Å². The molecule has 0 radical (unpaired) electrons. The van der Waals surface area contributed by atoms with Gasteiger partial charge in [-0.05, 0) is 70.8 Å². The first-order chi connectivity index (χ1) is 31.5. The lowest BCUT2D eigenvalue weighted by atomic mass is 10.0. The topological polar surface area (TPSA) is 131 Å². The van der Waals surface area contributed by atoms with Gasteiger partial charge in [0.05, 0.1) is 52.3 Å². The highest BCUT2D eigenvalue weighted by Crippen LogP contribution is 2.48. The van der Waals surface area contributed by atoms with Crippen molar-refractivity contribution in [2.45, 2.75) is 25.6 Å². The molecule has 0 atom stereocenters. The number of hydrogen-bond acceptors (Lipinski definition) is 10. The van der Waals surface area contributed by atoms with Crippen LogP contribution in [0.15, 0.2) is 109 Å². The Hall–Kier alpha value is -7.70. The summed E-state index contributed by atoms with van der Waals surface area (Å²) in [5.41, 5.74) is -1.87. The van der Waals surface area contributed by atoms with Gasteiger partial charge >= 0.3 is 24.5 Å². The van der Waals surface area contributed by atoms with Gasteiger partial charge in [0.1, 0.15) is 13.2 Å². The van der Waals surface area contributed by atoms with Crippen LogP contribution in [0.3, 0.4) is 0 Å². The number of allylic oxidation sites excluding steroid dienone is 2. The summed E-state index contributed by atoms with van der Waals surface area (Å²) >= 11 is 2.22. The molecule has 0 unspecified atom stereocenters. The highest BCUT2D eigenvalue weighted by molar-refractivity contribution is 7.36. The number of carbonyl (C=O) groups excluding carboxylic acids is 6. The van der Waals surface area contributed by atoms with Gasteiger partial charge in [-0.3, -0.25) is 19.2 Å². The van der Waals surface area contributed by atoms with Crippen molar-refractivity contribution in [3.63, 3.8) is 0 Å². The number of halogens is 6. The van der Waals surface area contributed by atoms with Crippen LogP contribution in [0, 0.1) is 0 Å². The van der Waals surface area contributed by atoms with Crippen LogP contribution >= 0.6 is 22.7 Å². The standard InChI is InChI=1S/C48H24F6N2O8S2/c49-47(50,51)25-11-13-29-31(15-25)39(57)41(59)33(29)17-27-19-35-37(55(27)45(61)63-21-23-7-3-1-4-8-23)43-44(65-35)38-36(66-43)20-28(56(38)46(62)64-22-24-9-5-2-6-10-24)18-34-30-14-12-26(48(52,53)54)16-32(30)40(58)42(34)60/h1-20H,21-22H2/b33-17-,34-18-. The van der Waals surface area contributed by atoms with Gasteiger partial charge in [0.2, 0.25) is 23.1 Å². The molecule has 0 spiro atoms. The molecular weight excluding hydrogens is 911 g/mol. The number of carbonyl (C=O) groups is 6. The Morgan fingerprint density at radius 1 is 0.500 bits per heavy atom. The number of aromatic nitrogens is 2. The largest absolute Gasteiger partial charge is 0.444 e. The smallest absolute Gasteiger partial charge is 0.419 e. The Bertz CT molecular complexity index is 3290. The molecular formula is C48H24F6N2O8S2. The number of alkyl halides is 6. The maximum absolute atomic E-state index is 14.2. The van der Waals surface area contributed by atoms with E-state index in [0.717, 1.165) is 56.1 Å². The van der Waals surface area contributed by atoms with E-state index in [9.17, 15) is 55.1 Å². The second-order valence-corrected chi connectivity index (χ2v) is 17.2. The van der Waals surface area contributed by atoms with Crippen molar-refractivity contribution in [2.24, 2.45) is 0 Å². The van der Waals surface area contributed by atoms with Gasteiger partial charge in [-0.1, -0.05) is 72.8 Å². The molecule has 0 fully saturated rings. The van der Waals surface area contributed by atoms with E-state index in [-0.39, 0.29) is 57.9 Å². The average molecular weight is 935 g/mol. The lowest BCUT2D eigenvalue weighted by Crippen LogP contribution is -2.15. The van der Waals surface area contributed by atoms with E-state index >= 15 is 0 Å². The first-order valence-corrected chi connectivity index (χ1v) is 21.2. The van der Waals surface area contributed by atoms with Crippen molar-refractivity contribution >= 4 is 111 Å². The first-order valence-electron chi connectivity index (χ1n) is 19.6. The van der Waals surface area contributed by atoms with Crippen molar-refractivity contribution in [3.8, 4) is 0 Å². The number of fused-ring (bicyclic) bond motifs is 7. The maximum Gasteiger partial charge on any atom is 0.419 e. The maximum atomic E-state index is 14.2. The van der Waals surface area contributed by atoms with Gasteiger partial charge < -0.3 is 9.47 Å². The van der Waals surface area contributed by atoms with E-state index in [1.165, 1.54) is 24.3 Å². The number of thiophene rings is 2. The van der Waals surface area contributed by atoms with Gasteiger partial charge in [0.25, 0.3) is 0 Å².